The molecule has 0 spiro atoms. The Bertz CT molecular complexity index is 291. The van der Waals surface area contributed by atoms with Gasteiger partial charge in [-0.2, -0.15) is 0 Å². The number of anilines is 1. The summed E-state index contributed by atoms with van der Waals surface area (Å²) >= 11 is 9.32. The van der Waals surface area contributed by atoms with Crippen LogP contribution in [0.5, 0.6) is 0 Å². The van der Waals surface area contributed by atoms with Gasteiger partial charge in [0.1, 0.15) is 0 Å². The van der Waals surface area contributed by atoms with Crippen molar-refractivity contribution in [2.75, 3.05) is 11.9 Å². The smallest absolute Gasteiger partial charge is 0.0593 e. The van der Waals surface area contributed by atoms with Gasteiger partial charge in [-0.15, -0.1) is 0 Å². The molecule has 0 radical (unpaired) electrons. The topological polar surface area (TPSA) is 38.0 Å². The van der Waals surface area contributed by atoms with E-state index in [4.69, 9.17) is 17.3 Å². The van der Waals surface area contributed by atoms with Crippen LogP contribution in [0.2, 0.25) is 5.02 Å². The molecule has 1 aromatic carbocycles. The quantitative estimate of drug-likeness (QED) is 0.880. The normalized spacial score (nSPS) is 12.6. The maximum absolute atomic E-state index is 5.92. The fraction of sp³-hybridized carbons (Fsp3) is 0.333. The van der Waals surface area contributed by atoms with Crippen molar-refractivity contribution in [3.63, 3.8) is 0 Å². The van der Waals surface area contributed by atoms with Crippen molar-refractivity contribution in [3.05, 3.63) is 27.7 Å². The van der Waals surface area contributed by atoms with Crippen LogP contribution in [0.1, 0.15) is 6.92 Å². The molecule has 1 unspecified atom stereocenters. The van der Waals surface area contributed by atoms with Gasteiger partial charge in [0.25, 0.3) is 0 Å². The molecule has 0 aliphatic heterocycles. The van der Waals surface area contributed by atoms with Crippen LogP contribution >= 0.6 is 27.5 Å². The van der Waals surface area contributed by atoms with Crippen molar-refractivity contribution in [1.82, 2.24) is 0 Å². The van der Waals surface area contributed by atoms with Crippen molar-refractivity contribution >= 4 is 33.2 Å². The number of nitrogens with two attached hydrogens (primary N) is 1. The molecule has 13 heavy (non-hydrogen) atoms. The fourth-order valence-electron chi connectivity index (χ4n) is 0.940. The van der Waals surface area contributed by atoms with E-state index >= 15 is 0 Å². The lowest BCUT2D eigenvalue weighted by molar-refractivity contribution is 0.803. The van der Waals surface area contributed by atoms with Crippen LogP contribution in [0.4, 0.5) is 5.69 Å². The zero-order chi connectivity index (χ0) is 9.84. The number of hydrogen-bond acceptors (Lipinski definition) is 2. The molecule has 0 saturated heterocycles. The number of halogens is 2. The van der Waals surface area contributed by atoms with Crippen LogP contribution in [-0.4, -0.2) is 12.6 Å². The second-order valence-electron chi connectivity index (χ2n) is 2.88. The Kier molecular flexibility index (Phi) is 4.03. The molecule has 3 N–H and O–H groups in total. The van der Waals surface area contributed by atoms with Crippen LogP contribution in [-0.2, 0) is 0 Å². The van der Waals surface area contributed by atoms with Gasteiger partial charge >= 0.3 is 0 Å². The van der Waals surface area contributed by atoms with E-state index in [0.29, 0.717) is 11.6 Å². The molecule has 0 aliphatic carbocycles. The molecule has 2 nitrogen and oxygen atoms in total. The fourth-order valence-corrected chi connectivity index (χ4v) is 1.49. The third-order valence-corrected chi connectivity index (χ3v) is 3.10. The van der Waals surface area contributed by atoms with Crippen molar-refractivity contribution in [3.8, 4) is 0 Å². The van der Waals surface area contributed by atoms with Gasteiger partial charge in [0.2, 0.25) is 0 Å². The molecule has 1 aromatic rings. The highest BCUT2D eigenvalue weighted by Crippen LogP contribution is 2.30. The van der Waals surface area contributed by atoms with Gasteiger partial charge in [0.15, 0.2) is 0 Å². The first kappa shape index (κ1) is 10.8. The molecule has 1 rings (SSSR count). The minimum atomic E-state index is 0.245. The summed E-state index contributed by atoms with van der Waals surface area (Å²) < 4.78 is 0.886. The number of nitrogens with one attached hydrogen (secondary N) is 1. The average molecular weight is 264 g/mol. The van der Waals surface area contributed by atoms with Gasteiger partial charge in [-0.3, -0.25) is 0 Å². The van der Waals surface area contributed by atoms with Crippen molar-refractivity contribution in [2.24, 2.45) is 5.73 Å². The van der Waals surface area contributed by atoms with Gasteiger partial charge < -0.3 is 11.1 Å². The summed E-state index contributed by atoms with van der Waals surface area (Å²) in [6.45, 7) is 2.62. The second-order valence-corrected chi connectivity index (χ2v) is 4.08. The van der Waals surface area contributed by atoms with Crippen molar-refractivity contribution < 1.29 is 0 Å². The molecule has 0 saturated carbocycles. The van der Waals surface area contributed by atoms with E-state index in [9.17, 15) is 0 Å². The highest BCUT2D eigenvalue weighted by Gasteiger charge is 2.05. The first-order valence-corrected chi connectivity index (χ1v) is 5.23. The maximum Gasteiger partial charge on any atom is 0.0593 e. The molecule has 0 aliphatic rings. The molecule has 0 heterocycles. The second kappa shape index (κ2) is 4.84. The van der Waals surface area contributed by atoms with E-state index in [2.05, 4.69) is 21.2 Å². The largest absolute Gasteiger partial charge is 0.380 e. The minimum absolute atomic E-state index is 0.245. The average Bonchev–Trinajstić information content (AvgIpc) is 2.13. The van der Waals surface area contributed by atoms with Crippen LogP contribution < -0.4 is 11.1 Å². The Labute approximate surface area is 91.6 Å². The monoisotopic (exact) mass is 262 g/mol. The molecule has 72 valence electrons. The predicted octanol–water partition coefficient (Wildman–Crippen LogP) is 2.86. The van der Waals surface area contributed by atoms with Crippen LogP contribution in [0.3, 0.4) is 0 Å². The summed E-state index contributed by atoms with van der Waals surface area (Å²) in [5, 5.41) is 3.95. The Morgan fingerprint density at radius 3 is 2.92 bits per heavy atom. The van der Waals surface area contributed by atoms with Crippen LogP contribution in [0, 0.1) is 0 Å². The highest BCUT2D eigenvalue weighted by molar-refractivity contribution is 9.10. The zero-order valence-electron chi connectivity index (χ0n) is 7.35. The number of hydrogen-bond donors (Lipinski definition) is 2. The Morgan fingerprint density at radius 1 is 1.62 bits per heavy atom. The molecule has 0 fully saturated rings. The Hall–Kier alpha value is -0.250. The van der Waals surface area contributed by atoms with Crippen LogP contribution in [0.25, 0.3) is 0 Å². The minimum Gasteiger partial charge on any atom is -0.380 e. The Balaban J connectivity index is 2.83. The summed E-state index contributed by atoms with van der Waals surface area (Å²) in [5.41, 5.74) is 6.47. The van der Waals surface area contributed by atoms with Crippen molar-refractivity contribution in [2.45, 2.75) is 13.0 Å². The summed E-state index contributed by atoms with van der Waals surface area (Å²) in [6.07, 6.45) is 0. The Morgan fingerprint density at radius 2 is 2.31 bits per heavy atom. The SMILES string of the molecule is CC(CN)Nc1cccc(Cl)c1Br. The molecule has 0 bridgehead atoms. The number of rotatable bonds is 3. The summed E-state index contributed by atoms with van der Waals surface area (Å²) in [7, 11) is 0. The summed E-state index contributed by atoms with van der Waals surface area (Å²) in [6, 6.07) is 5.94. The lowest BCUT2D eigenvalue weighted by Crippen LogP contribution is -2.25. The lowest BCUT2D eigenvalue weighted by Gasteiger charge is -2.14. The molecule has 0 aromatic heterocycles. The van der Waals surface area contributed by atoms with Crippen molar-refractivity contribution in [1.29, 1.82) is 0 Å². The van der Waals surface area contributed by atoms with Gasteiger partial charge in [-0.1, -0.05) is 17.7 Å². The first-order chi connectivity index (χ1) is 6.15. The third kappa shape index (κ3) is 2.86. The van der Waals surface area contributed by atoms with E-state index in [1.807, 2.05) is 25.1 Å². The molecular formula is C9H12BrClN2. The van der Waals surface area contributed by atoms with Crippen LogP contribution in [0.15, 0.2) is 22.7 Å². The van der Waals surface area contributed by atoms with E-state index in [-0.39, 0.29) is 6.04 Å². The lowest BCUT2D eigenvalue weighted by atomic mass is 10.2. The van der Waals surface area contributed by atoms with Gasteiger partial charge in [0.05, 0.1) is 15.2 Å². The third-order valence-electron chi connectivity index (χ3n) is 1.71. The molecular weight excluding hydrogens is 251 g/mol. The molecule has 1 atom stereocenters. The summed E-state index contributed by atoms with van der Waals surface area (Å²) in [4.78, 5) is 0. The van der Waals surface area contributed by atoms with E-state index in [1.165, 1.54) is 0 Å². The van der Waals surface area contributed by atoms with Gasteiger partial charge in [0, 0.05) is 12.6 Å². The van der Waals surface area contributed by atoms with Gasteiger partial charge in [-0.25, -0.2) is 0 Å². The standard InChI is InChI=1S/C9H12BrClN2/c1-6(5-12)13-8-4-2-3-7(11)9(8)10/h2-4,6,13H,5,12H2,1H3. The first-order valence-electron chi connectivity index (χ1n) is 4.05. The van der Waals surface area contributed by atoms with Gasteiger partial charge in [-0.05, 0) is 35.0 Å². The maximum atomic E-state index is 5.92. The van der Waals surface area contributed by atoms with E-state index in [0.717, 1.165) is 10.2 Å². The molecule has 4 heteroatoms. The predicted molar refractivity (Wildman–Crippen MR) is 61.3 cm³/mol. The number of benzene rings is 1. The van der Waals surface area contributed by atoms with E-state index in [1.54, 1.807) is 0 Å². The molecule has 0 amide bonds. The summed E-state index contributed by atoms with van der Waals surface area (Å²) in [5.74, 6) is 0. The zero-order valence-corrected chi connectivity index (χ0v) is 9.69. The van der Waals surface area contributed by atoms with E-state index < -0.39 is 0 Å². The highest BCUT2D eigenvalue weighted by atomic mass is 79.9.